The van der Waals surface area contributed by atoms with E-state index < -0.39 is 6.17 Å². The van der Waals surface area contributed by atoms with E-state index in [0.29, 0.717) is 6.42 Å². The summed E-state index contributed by atoms with van der Waals surface area (Å²) >= 11 is 0. The number of rotatable bonds is 3. The number of hydrogen-bond acceptors (Lipinski definition) is 2. The Bertz CT molecular complexity index is 119. The molecule has 0 aromatic rings. The van der Waals surface area contributed by atoms with Gasteiger partial charge in [0.25, 0.3) is 0 Å². The second-order valence-electron chi connectivity index (χ2n) is 3.22. The average Bonchev–Trinajstić information content (AvgIpc) is 2.37. The molecule has 1 rings (SSSR count). The fraction of sp³-hybridized carbons (Fsp3) is 1.00. The maximum Gasteiger partial charge on any atom is 0.118 e. The van der Waals surface area contributed by atoms with Gasteiger partial charge in [-0.3, -0.25) is 0 Å². The molecule has 0 aromatic carbocycles. The van der Waals surface area contributed by atoms with Crippen molar-refractivity contribution in [3.05, 3.63) is 0 Å². The van der Waals surface area contributed by atoms with Crippen LogP contribution >= 0.6 is 0 Å². The molecule has 0 aromatic heterocycles. The maximum absolute atomic E-state index is 13.0. The van der Waals surface area contributed by atoms with Crippen LogP contribution in [0.4, 0.5) is 4.39 Å². The van der Waals surface area contributed by atoms with E-state index in [9.17, 15) is 4.39 Å². The Morgan fingerprint density at radius 2 is 2.36 bits per heavy atom. The van der Waals surface area contributed by atoms with Crippen molar-refractivity contribution in [3.63, 3.8) is 0 Å². The Balaban J connectivity index is 2.24. The lowest BCUT2D eigenvalue weighted by molar-refractivity contribution is 0.236. The van der Waals surface area contributed by atoms with Gasteiger partial charge < -0.3 is 10.2 Å². The molecular weight excluding hydrogens is 143 g/mol. The van der Waals surface area contributed by atoms with Gasteiger partial charge >= 0.3 is 0 Å². The second kappa shape index (κ2) is 4.02. The molecule has 0 radical (unpaired) electrons. The molecule has 2 nitrogen and oxygen atoms in total. The summed E-state index contributed by atoms with van der Waals surface area (Å²) in [6.45, 7) is 4.74. The first kappa shape index (κ1) is 8.94. The van der Waals surface area contributed by atoms with Gasteiger partial charge in [-0.25, -0.2) is 4.39 Å². The van der Waals surface area contributed by atoms with E-state index in [1.54, 1.807) is 0 Å². The minimum absolute atomic E-state index is 0.0694. The van der Waals surface area contributed by atoms with E-state index in [-0.39, 0.29) is 6.04 Å². The molecule has 1 aliphatic rings. The van der Waals surface area contributed by atoms with Crippen molar-refractivity contribution in [2.75, 3.05) is 26.7 Å². The van der Waals surface area contributed by atoms with E-state index in [0.717, 1.165) is 19.6 Å². The number of hydrogen-bond donors (Lipinski definition) is 1. The molecule has 3 heteroatoms. The van der Waals surface area contributed by atoms with Crippen LogP contribution in [0.1, 0.15) is 13.3 Å². The van der Waals surface area contributed by atoms with Gasteiger partial charge in [-0.1, -0.05) is 6.92 Å². The van der Waals surface area contributed by atoms with Gasteiger partial charge in [-0.15, -0.1) is 0 Å². The van der Waals surface area contributed by atoms with E-state index in [4.69, 9.17) is 0 Å². The number of halogens is 1. The quantitative estimate of drug-likeness (QED) is 0.651. The summed E-state index contributed by atoms with van der Waals surface area (Å²) in [6, 6.07) is 0.0694. The van der Waals surface area contributed by atoms with Gasteiger partial charge in [0.1, 0.15) is 6.17 Å². The summed E-state index contributed by atoms with van der Waals surface area (Å²) in [4.78, 5) is 2.13. The van der Waals surface area contributed by atoms with Gasteiger partial charge in [0, 0.05) is 6.54 Å². The molecule has 1 fully saturated rings. The van der Waals surface area contributed by atoms with Crippen molar-refractivity contribution in [2.45, 2.75) is 25.6 Å². The molecule has 0 amide bonds. The third kappa shape index (κ3) is 2.42. The zero-order valence-corrected chi connectivity index (χ0v) is 7.31. The lowest BCUT2D eigenvalue weighted by Gasteiger charge is -2.20. The van der Waals surface area contributed by atoms with Crippen LogP contribution in [0.3, 0.4) is 0 Å². The average molecular weight is 160 g/mol. The SMILES string of the molecule is CCN(C)CC1NCCC1F. The Kier molecular flexibility index (Phi) is 3.27. The van der Waals surface area contributed by atoms with Gasteiger partial charge in [-0.2, -0.15) is 0 Å². The fourth-order valence-electron chi connectivity index (χ4n) is 1.38. The van der Waals surface area contributed by atoms with E-state index in [1.165, 1.54) is 0 Å². The first-order valence-electron chi connectivity index (χ1n) is 4.30. The van der Waals surface area contributed by atoms with Crippen LogP contribution in [0.5, 0.6) is 0 Å². The van der Waals surface area contributed by atoms with Crippen LogP contribution < -0.4 is 5.32 Å². The predicted molar refractivity (Wildman–Crippen MR) is 44.5 cm³/mol. The van der Waals surface area contributed by atoms with Crippen molar-refractivity contribution in [1.29, 1.82) is 0 Å². The highest BCUT2D eigenvalue weighted by atomic mass is 19.1. The topological polar surface area (TPSA) is 15.3 Å². The van der Waals surface area contributed by atoms with Gasteiger partial charge in [0.15, 0.2) is 0 Å². The van der Waals surface area contributed by atoms with Crippen molar-refractivity contribution >= 4 is 0 Å². The molecule has 1 N–H and O–H groups in total. The molecule has 2 atom stereocenters. The largest absolute Gasteiger partial charge is 0.310 e. The Hall–Kier alpha value is -0.150. The molecule has 1 aliphatic heterocycles. The summed E-state index contributed by atoms with van der Waals surface area (Å²) in [5, 5.41) is 3.15. The Morgan fingerprint density at radius 3 is 2.82 bits per heavy atom. The van der Waals surface area contributed by atoms with Crippen LogP contribution in [0, 0.1) is 0 Å². The maximum atomic E-state index is 13.0. The fourth-order valence-corrected chi connectivity index (χ4v) is 1.38. The highest BCUT2D eigenvalue weighted by Crippen LogP contribution is 2.11. The molecule has 0 spiro atoms. The molecule has 0 bridgehead atoms. The van der Waals surface area contributed by atoms with Crippen LogP contribution in [0.25, 0.3) is 0 Å². The third-order valence-corrected chi connectivity index (χ3v) is 2.31. The van der Waals surface area contributed by atoms with Crippen molar-refractivity contribution in [3.8, 4) is 0 Å². The third-order valence-electron chi connectivity index (χ3n) is 2.31. The Morgan fingerprint density at radius 1 is 1.64 bits per heavy atom. The minimum Gasteiger partial charge on any atom is -0.310 e. The standard InChI is InChI=1S/C8H17FN2/c1-3-11(2)6-8-7(9)4-5-10-8/h7-8,10H,3-6H2,1-2H3. The lowest BCUT2D eigenvalue weighted by Crippen LogP contribution is -2.39. The smallest absolute Gasteiger partial charge is 0.118 e. The normalized spacial score (nSPS) is 31.6. The minimum atomic E-state index is -0.635. The zero-order chi connectivity index (χ0) is 8.27. The highest BCUT2D eigenvalue weighted by molar-refractivity contribution is 4.85. The summed E-state index contributed by atoms with van der Waals surface area (Å²) in [7, 11) is 2.02. The zero-order valence-electron chi connectivity index (χ0n) is 7.31. The van der Waals surface area contributed by atoms with E-state index >= 15 is 0 Å². The van der Waals surface area contributed by atoms with Gasteiger partial charge in [0.2, 0.25) is 0 Å². The summed E-state index contributed by atoms with van der Waals surface area (Å²) in [6.07, 6.45) is 0.0476. The number of likely N-dealkylation sites (N-methyl/N-ethyl adjacent to an activating group) is 1. The predicted octanol–water partition coefficient (Wildman–Crippen LogP) is 0.638. The second-order valence-corrected chi connectivity index (χ2v) is 3.22. The summed E-state index contributed by atoms with van der Waals surface area (Å²) in [5.41, 5.74) is 0. The molecule has 0 saturated carbocycles. The van der Waals surface area contributed by atoms with Crippen molar-refractivity contribution < 1.29 is 4.39 Å². The first-order valence-corrected chi connectivity index (χ1v) is 4.30. The molecule has 2 unspecified atom stereocenters. The molecule has 66 valence electrons. The van der Waals surface area contributed by atoms with Crippen LogP contribution in [-0.2, 0) is 0 Å². The van der Waals surface area contributed by atoms with Gasteiger partial charge in [0.05, 0.1) is 6.04 Å². The number of alkyl halides is 1. The van der Waals surface area contributed by atoms with Crippen molar-refractivity contribution in [1.82, 2.24) is 10.2 Å². The molecular formula is C8H17FN2. The molecule has 0 aliphatic carbocycles. The monoisotopic (exact) mass is 160 g/mol. The van der Waals surface area contributed by atoms with E-state index in [1.807, 2.05) is 7.05 Å². The lowest BCUT2D eigenvalue weighted by atomic mass is 10.2. The number of nitrogens with one attached hydrogen (secondary N) is 1. The van der Waals surface area contributed by atoms with Crippen LogP contribution in [0.15, 0.2) is 0 Å². The molecule has 11 heavy (non-hydrogen) atoms. The van der Waals surface area contributed by atoms with Gasteiger partial charge in [-0.05, 0) is 26.6 Å². The Labute approximate surface area is 67.8 Å². The number of nitrogens with zero attached hydrogens (tertiary/aromatic N) is 1. The first-order chi connectivity index (χ1) is 5.24. The van der Waals surface area contributed by atoms with Crippen LogP contribution in [-0.4, -0.2) is 43.8 Å². The highest BCUT2D eigenvalue weighted by Gasteiger charge is 2.26. The summed E-state index contributed by atoms with van der Waals surface area (Å²) < 4.78 is 13.0. The summed E-state index contributed by atoms with van der Waals surface area (Å²) in [5.74, 6) is 0. The van der Waals surface area contributed by atoms with Crippen molar-refractivity contribution in [2.24, 2.45) is 0 Å². The molecule has 1 heterocycles. The van der Waals surface area contributed by atoms with E-state index in [2.05, 4.69) is 17.1 Å². The molecule has 1 saturated heterocycles. The van der Waals surface area contributed by atoms with Crippen LogP contribution in [0.2, 0.25) is 0 Å².